The molecule has 0 radical (unpaired) electrons. The molecule has 0 spiro atoms. The largest absolute Gasteiger partial charge is 0.350 e. The van der Waals surface area contributed by atoms with Crippen LogP contribution in [0.1, 0.15) is 47.1 Å². The first-order valence-corrected chi connectivity index (χ1v) is 9.76. The topological polar surface area (TPSA) is 32.3 Å². The Bertz CT molecular complexity index is 823. The van der Waals surface area contributed by atoms with Gasteiger partial charge in [0.2, 0.25) is 0 Å². The molecule has 1 unspecified atom stereocenters. The fraction of sp³-hybridized carbons (Fsp3) is 0.300. The van der Waals surface area contributed by atoms with Gasteiger partial charge in [0.15, 0.2) is 10.9 Å². The molecule has 130 valence electrons. The van der Waals surface area contributed by atoms with E-state index in [1.54, 1.807) is 11.3 Å². The van der Waals surface area contributed by atoms with Crippen molar-refractivity contribution < 1.29 is 4.79 Å². The first-order chi connectivity index (χ1) is 12.0. The quantitative estimate of drug-likeness (QED) is 0.602. The lowest BCUT2D eigenvalue weighted by molar-refractivity contribution is 0.102. The molecule has 0 saturated carbocycles. The van der Waals surface area contributed by atoms with E-state index in [-0.39, 0.29) is 11.8 Å². The van der Waals surface area contributed by atoms with Gasteiger partial charge in [0.1, 0.15) is 0 Å². The number of aryl methyl sites for hydroxylation is 1. The number of thiophene rings is 1. The van der Waals surface area contributed by atoms with E-state index in [9.17, 15) is 4.79 Å². The van der Waals surface area contributed by atoms with E-state index < -0.39 is 0 Å². The van der Waals surface area contributed by atoms with Crippen LogP contribution in [0.4, 0.5) is 0 Å². The van der Waals surface area contributed by atoms with Crippen LogP contribution >= 0.6 is 23.6 Å². The van der Waals surface area contributed by atoms with E-state index in [2.05, 4.69) is 30.6 Å². The van der Waals surface area contributed by atoms with Crippen molar-refractivity contribution in [3.05, 3.63) is 69.1 Å². The van der Waals surface area contributed by atoms with Crippen molar-refractivity contribution in [2.45, 2.75) is 33.2 Å². The van der Waals surface area contributed by atoms with E-state index in [0.717, 1.165) is 29.1 Å². The summed E-state index contributed by atoms with van der Waals surface area (Å²) in [5.74, 6) is 0.0620. The van der Waals surface area contributed by atoms with Gasteiger partial charge in [0.25, 0.3) is 0 Å². The molecule has 0 saturated heterocycles. The molecule has 0 bridgehead atoms. The Morgan fingerprint density at radius 3 is 2.56 bits per heavy atom. The zero-order valence-corrected chi connectivity index (χ0v) is 16.3. The average molecular weight is 371 g/mol. The molecule has 1 aliphatic heterocycles. The number of nitrogens with one attached hydrogen (secondary N) is 1. The number of hydrogen-bond acceptors (Lipinski definition) is 3. The number of carbonyl (C=O) groups excluding carboxylic acids is 1. The van der Waals surface area contributed by atoms with Gasteiger partial charge in [-0.2, -0.15) is 0 Å². The number of benzene rings is 1. The Balaban J connectivity index is 2.13. The average Bonchev–Trinajstić information content (AvgIpc) is 3.04. The van der Waals surface area contributed by atoms with Gasteiger partial charge >= 0.3 is 0 Å². The highest BCUT2D eigenvalue weighted by molar-refractivity contribution is 7.80. The standard InChI is InChI=1S/C20H22N2OS2/c1-4-11-22-14(3)16(18(23)15-8-6-5-7-9-15)17(21-20(22)24)19-13(2)10-12-25-19/h5-10,12,17H,4,11H2,1-3H3,(H,21,24). The lowest BCUT2D eigenvalue weighted by Crippen LogP contribution is -2.47. The van der Waals surface area contributed by atoms with Crippen LogP contribution in [0.25, 0.3) is 0 Å². The maximum Gasteiger partial charge on any atom is 0.193 e. The molecule has 1 aliphatic rings. The molecule has 0 fully saturated rings. The Kier molecular flexibility index (Phi) is 5.35. The second-order valence-corrected chi connectivity index (χ2v) is 7.53. The van der Waals surface area contributed by atoms with E-state index in [4.69, 9.17) is 12.2 Å². The van der Waals surface area contributed by atoms with Crippen LogP contribution in [0.3, 0.4) is 0 Å². The third-order valence-electron chi connectivity index (χ3n) is 4.49. The number of hydrogen-bond donors (Lipinski definition) is 1. The number of ketones is 1. The van der Waals surface area contributed by atoms with E-state index in [1.807, 2.05) is 42.2 Å². The van der Waals surface area contributed by atoms with E-state index >= 15 is 0 Å². The second-order valence-electron chi connectivity index (χ2n) is 6.20. The van der Waals surface area contributed by atoms with Crippen molar-refractivity contribution in [3.63, 3.8) is 0 Å². The van der Waals surface area contributed by atoms with Gasteiger partial charge in [-0.25, -0.2) is 0 Å². The molecule has 5 heteroatoms. The highest BCUT2D eigenvalue weighted by Crippen LogP contribution is 2.36. The Morgan fingerprint density at radius 1 is 1.24 bits per heavy atom. The molecule has 2 heterocycles. The summed E-state index contributed by atoms with van der Waals surface area (Å²) in [7, 11) is 0. The smallest absolute Gasteiger partial charge is 0.193 e. The van der Waals surface area contributed by atoms with Gasteiger partial charge in [-0.05, 0) is 49.5 Å². The van der Waals surface area contributed by atoms with E-state index in [1.165, 1.54) is 5.56 Å². The van der Waals surface area contributed by atoms with Gasteiger partial charge in [0, 0.05) is 28.3 Å². The molecule has 3 rings (SSSR count). The predicted octanol–water partition coefficient (Wildman–Crippen LogP) is 4.85. The van der Waals surface area contributed by atoms with Gasteiger partial charge in [-0.3, -0.25) is 4.79 Å². The summed E-state index contributed by atoms with van der Waals surface area (Å²) >= 11 is 7.26. The molecule has 2 aromatic rings. The molecule has 1 aromatic carbocycles. The van der Waals surface area contributed by atoms with Crippen molar-refractivity contribution in [1.82, 2.24) is 10.2 Å². The first-order valence-electron chi connectivity index (χ1n) is 8.47. The number of carbonyl (C=O) groups is 1. The predicted molar refractivity (Wildman–Crippen MR) is 108 cm³/mol. The minimum absolute atomic E-state index is 0.0620. The monoisotopic (exact) mass is 370 g/mol. The van der Waals surface area contributed by atoms with Crippen molar-refractivity contribution in [3.8, 4) is 0 Å². The summed E-state index contributed by atoms with van der Waals surface area (Å²) in [5, 5.41) is 6.17. The highest BCUT2D eigenvalue weighted by Gasteiger charge is 2.35. The Hall–Kier alpha value is -1.98. The maximum absolute atomic E-state index is 13.3. The third-order valence-corrected chi connectivity index (χ3v) is 5.91. The molecule has 1 atom stereocenters. The van der Waals surface area contributed by atoms with Gasteiger partial charge in [0.05, 0.1) is 6.04 Å². The van der Waals surface area contributed by atoms with Crippen LogP contribution in [-0.4, -0.2) is 22.3 Å². The fourth-order valence-corrected chi connectivity index (χ4v) is 4.52. The maximum atomic E-state index is 13.3. The highest BCUT2D eigenvalue weighted by atomic mass is 32.1. The number of allylic oxidation sites excluding steroid dienone is 1. The Morgan fingerprint density at radius 2 is 1.96 bits per heavy atom. The van der Waals surface area contributed by atoms with Crippen LogP contribution in [0.2, 0.25) is 0 Å². The molecular formula is C20H22N2OS2. The van der Waals surface area contributed by atoms with Gasteiger partial charge < -0.3 is 10.2 Å². The lowest BCUT2D eigenvalue weighted by atomic mass is 9.91. The molecule has 0 aliphatic carbocycles. The first kappa shape index (κ1) is 17.8. The number of rotatable bonds is 5. The molecule has 1 N–H and O–H groups in total. The van der Waals surface area contributed by atoms with Crippen molar-refractivity contribution >= 4 is 34.5 Å². The van der Waals surface area contributed by atoms with Gasteiger partial charge in [-0.1, -0.05) is 37.3 Å². The third kappa shape index (κ3) is 3.39. The van der Waals surface area contributed by atoms with Crippen molar-refractivity contribution in [1.29, 1.82) is 0 Å². The van der Waals surface area contributed by atoms with Crippen LogP contribution in [0.5, 0.6) is 0 Å². The lowest BCUT2D eigenvalue weighted by Gasteiger charge is -2.37. The summed E-state index contributed by atoms with van der Waals surface area (Å²) in [6.07, 6.45) is 0.967. The second kappa shape index (κ2) is 7.50. The molecule has 25 heavy (non-hydrogen) atoms. The van der Waals surface area contributed by atoms with Gasteiger partial charge in [-0.15, -0.1) is 11.3 Å². The minimum Gasteiger partial charge on any atom is -0.350 e. The van der Waals surface area contributed by atoms with Crippen LogP contribution in [-0.2, 0) is 0 Å². The van der Waals surface area contributed by atoms with Crippen LogP contribution in [0.15, 0.2) is 53.0 Å². The normalized spacial score (nSPS) is 17.6. The minimum atomic E-state index is -0.187. The summed E-state index contributed by atoms with van der Waals surface area (Å²) in [5.41, 5.74) is 3.64. The fourth-order valence-electron chi connectivity index (χ4n) is 3.19. The molecular weight excluding hydrogens is 348 g/mol. The molecule has 3 nitrogen and oxygen atoms in total. The summed E-state index contributed by atoms with van der Waals surface area (Å²) in [6, 6.07) is 11.4. The Labute approximate surface area is 158 Å². The van der Waals surface area contributed by atoms with E-state index in [0.29, 0.717) is 10.7 Å². The zero-order chi connectivity index (χ0) is 18.0. The summed E-state index contributed by atoms with van der Waals surface area (Å²) in [4.78, 5) is 16.5. The molecule has 1 aromatic heterocycles. The van der Waals surface area contributed by atoms with Crippen molar-refractivity contribution in [2.75, 3.05) is 6.54 Å². The number of Topliss-reactive ketones (excluding diaryl/α,β-unsaturated/α-hetero) is 1. The molecule has 0 amide bonds. The number of thiocarbonyl (C=S) groups is 1. The van der Waals surface area contributed by atoms with Crippen LogP contribution in [0, 0.1) is 6.92 Å². The number of nitrogens with zero attached hydrogens (tertiary/aromatic N) is 1. The van der Waals surface area contributed by atoms with Crippen LogP contribution < -0.4 is 5.32 Å². The summed E-state index contributed by atoms with van der Waals surface area (Å²) in [6.45, 7) is 7.01. The van der Waals surface area contributed by atoms with Crippen molar-refractivity contribution in [2.24, 2.45) is 0 Å². The zero-order valence-electron chi connectivity index (χ0n) is 14.7. The SMILES string of the molecule is CCCN1C(=S)NC(c2sccc2C)C(C(=O)c2ccccc2)=C1C. The summed E-state index contributed by atoms with van der Waals surface area (Å²) < 4.78 is 0.